The molecule has 20 heavy (non-hydrogen) atoms. The van der Waals surface area contributed by atoms with Gasteiger partial charge in [0.1, 0.15) is 0 Å². The molecule has 1 unspecified atom stereocenters. The Morgan fingerprint density at radius 1 is 1.35 bits per heavy atom. The Hall–Kier alpha value is -1.39. The average molecular weight is 276 g/mol. The van der Waals surface area contributed by atoms with Crippen molar-refractivity contribution in [1.29, 1.82) is 0 Å². The highest BCUT2D eigenvalue weighted by atomic mass is 16.5. The third-order valence-electron chi connectivity index (χ3n) is 3.20. The number of ether oxygens (including phenoxy) is 1. The third-order valence-corrected chi connectivity index (χ3v) is 3.20. The molecule has 1 atom stereocenters. The van der Waals surface area contributed by atoms with Crippen molar-refractivity contribution < 1.29 is 9.53 Å². The molecule has 0 spiro atoms. The molecule has 1 N–H and O–H groups in total. The van der Waals surface area contributed by atoms with Gasteiger partial charge in [0.25, 0.3) is 0 Å². The average Bonchev–Trinajstić information content (AvgIpc) is 2.38. The summed E-state index contributed by atoms with van der Waals surface area (Å²) >= 11 is 0. The maximum atomic E-state index is 12.0. The highest BCUT2D eigenvalue weighted by molar-refractivity contribution is 5.78. The van der Waals surface area contributed by atoms with Crippen LogP contribution in [0.2, 0.25) is 0 Å². The molecule has 4 heteroatoms. The van der Waals surface area contributed by atoms with Crippen molar-refractivity contribution in [3.63, 3.8) is 0 Å². The van der Waals surface area contributed by atoms with Crippen LogP contribution in [0.1, 0.15) is 32.4 Å². The molecule has 4 nitrogen and oxygen atoms in total. The number of amides is 1. The van der Waals surface area contributed by atoms with Crippen molar-refractivity contribution in [1.82, 2.24) is 10.2 Å². The molecule has 1 saturated heterocycles. The number of hydrogen-bond acceptors (Lipinski definition) is 3. The first-order valence-corrected chi connectivity index (χ1v) is 7.14. The summed E-state index contributed by atoms with van der Waals surface area (Å²) in [5.74, 6) is 0.0752. The normalized spacial score (nSPS) is 20.6. The van der Waals surface area contributed by atoms with Crippen LogP contribution < -0.4 is 5.32 Å². The van der Waals surface area contributed by atoms with Gasteiger partial charge in [0.15, 0.2) is 0 Å². The number of nitrogens with one attached hydrogen (secondary N) is 1. The van der Waals surface area contributed by atoms with E-state index in [1.165, 1.54) is 5.56 Å². The topological polar surface area (TPSA) is 41.6 Å². The molecule has 110 valence electrons. The van der Waals surface area contributed by atoms with Crippen LogP contribution in [0.3, 0.4) is 0 Å². The van der Waals surface area contributed by atoms with Gasteiger partial charge in [-0.3, -0.25) is 9.69 Å². The van der Waals surface area contributed by atoms with Crippen molar-refractivity contribution in [2.24, 2.45) is 0 Å². The van der Waals surface area contributed by atoms with Crippen LogP contribution in [0, 0.1) is 0 Å². The van der Waals surface area contributed by atoms with E-state index in [2.05, 4.69) is 22.3 Å². The summed E-state index contributed by atoms with van der Waals surface area (Å²) in [6, 6.07) is 10.2. The van der Waals surface area contributed by atoms with E-state index in [-0.39, 0.29) is 17.6 Å². The molecule has 1 aliphatic heterocycles. The first-order valence-electron chi connectivity index (χ1n) is 7.14. The molecule has 2 rings (SSSR count). The molecule has 0 aromatic heterocycles. The van der Waals surface area contributed by atoms with E-state index in [0.717, 1.165) is 13.1 Å². The molecule has 1 heterocycles. The second kappa shape index (κ2) is 6.37. The fraction of sp³-hybridized carbons (Fsp3) is 0.562. The number of carbonyl (C=O) groups excluding carboxylic acids is 1. The van der Waals surface area contributed by atoms with E-state index in [0.29, 0.717) is 13.2 Å². The maximum absolute atomic E-state index is 12.0. The zero-order valence-corrected chi connectivity index (χ0v) is 12.6. The predicted molar refractivity (Wildman–Crippen MR) is 79.5 cm³/mol. The Morgan fingerprint density at radius 2 is 2.05 bits per heavy atom. The number of nitrogens with zero attached hydrogens (tertiary/aromatic N) is 1. The molecule has 0 bridgehead atoms. The van der Waals surface area contributed by atoms with Crippen LogP contribution in [-0.4, -0.2) is 42.6 Å². The standard InChI is InChI=1S/C16H24N2O2/c1-16(2,3)17-15(19)12-18-9-10-20-14(11-18)13-7-5-4-6-8-13/h4-8,14H,9-12H2,1-3H3,(H,17,19). The lowest BCUT2D eigenvalue weighted by Crippen LogP contribution is -2.48. The lowest BCUT2D eigenvalue weighted by atomic mass is 10.1. The Kier molecular flexibility index (Phi) is 4.78. The highest BCUT2D eigenvalue weighted by Crippen LogP contribution is 2.21. The molecular formula is C16H24N2O2. The first-order chi connectivity index (χ1) is 9.44. The van der Waals surface area contributed by atoms with Gasteiger partial charge in [-0.15, -0.1) is 0 Å². The van der Waals surface area contributed by atoms with Crippen molar-refractivity contribution in [2.45, 2.75) is 32.4 Å². The van der Waals surface area contributed by atoms with Crippen LogP contribution in [0.25, 0.3) is 0 Å². The quantitative estimate of drug-likeness (QED) is 0.918. The smallest absolute Gasteiger partial charge is 0.234 e. The Balaban J connectivity index is 1.89. The Labute approximate surface area is 121 Å². The molecule has 0 saturated carbocycles. The largest absolute Gasteiger partial charge is 0.371 e. The van der Waals surface area contributed by atoms with Gasteiger partial charge in [0.2, 0.25) is 5.91 Å². The lowest BCUT2D eigenvalue weighted by Gasteiger charge is -2.33. The van der Waals surface area contributed by atoms with Gasteiger partial charge in [-0.1, -0.05) is 30.3 Å². The second-order valence-corrected chi connectivity index (χ2v) is 6.30. The maximum Gasteiger partial charge on any atom is 0.234 e. The summed E-state index contributed by atoms with van der Waals surface area (Å²) in [6.07, 6.45) is 0.0624. The summed E-state index contributed by atoms with van der Waals surface area (Å²) in [6.45, 7) is 8.67. The third kappa shape index (κ3) is 4.62. The number of hydrogen-bond donors (Lipinski definition) is 1. The monoisotopic (exact) mass is 276 g/mol. The summed E-state index contributed by atoms with van der Waals surface area (Å²) in [5, 5.41) is 3.00. The van der Waals surface area contributed by atoms with Crippen molar-refractivity contribution >= 4 is 5.91 Å². The van der Waals surface area contributed by atoms with Gasteiger partial charge >= 0.3 is 0 Å². The Morgan fingerprint density at radius 3 is 2.70 bits per heavy atom. The van der Waals surface area contributed by atoms with Gasteiger partial charge in [0.05, 0.1) is 19.3 Å². The zero-order chi connectivity index (χ0) is 14.6. The minimum atomic E-state index is -0.178. The van der Waals surface area contributed by atoms with E-state index in [1.807, 2.05) is 39.0 Å². The number of rotatable bonds is 3. The summed E-state index contributed by atoms with van der Waals surface area (Å²) in [7, 11) is 0. The minimum Gasteiger partial charge on any atom is -0.371 e. The van der Waals surface area contributed by atoms with E-state index >= 15 is 0 Å². The van der Waals surface area contributed by atoms with Crippen LogP contribution in [0.5, 0.6) is 0 Å². The SMILES string of the molecule is CC(C)(C)NC(=O)CN1CCOC(c2ccccc2)C1. The van der Waals surface area contributed by atoms with Crippen LogP contribution in [0.4, 0.5) is 0 Å². The van der Waals surface area contributed by atoms with E-state index in [1.54, 1.807) is 0 Å². The van der Waals surface area contributed by atoms with E-state index in [4.69, 9.17) is 4.74 Å². The molecule has 1 aliphatic rings. The first kappa shape index (κ1) is 15.0. The van der Waals surface area contributed by atoms with Gasteiger partial charge in [-0.2, -0.15) is 0 Å². The minimum absolute atomic E-state index is 0.0624. The molecule has 1 amide bonds. The van der Waals surface area contributed by atoms with Gasteiger partial charge < -0.3 is 10.1 Å². The van der Waals surface area contributed by atoms with Gasteiger partial charge in [-0.25, -0.2) is 0 Å². The fourth-order valence-electron chi connectivity index (χ4n) is 2.38. The van der Waals surface area contributed by atoms with Crippen LogP contribution in [-0.2, 0) is 9.53 Å². The highest BCUT2D eigenvalue weighted by Gasteiger charge is 2.24. The molecule has 1 aromatic rings. The molecular weight excluding hydrogens is 252 g/mol. The molecule has 0 aliphatic carbocycles. The number of benzene rings is 1. The predicted octanol–water partition coefficient (Wildman–Crippen LogP) is 1.97. The van der Waals surface area contributed by atoms with Gasteiger partial charge in [-0.05, 0) is 26.3 Å². The van der Waals surface area contributed by atoms with Crippen LogP contribution >= 0.6 is 0 Å². The molecule has 0 radical (unpaired) electrons. The summed E-state index contributed by atoms with van der Waals surface area (Å²) < 4.78 is 5.80. The summed E-state index contributed by atoms with van der Waals surface area (Å²) in [4.78, 5) is 14.1. The van der Waals surface area contributed by atoms with Crippen molar-refractivity contribution in [3.05, 3.63) is 35.9 Å². The van der Waals surface area contributed by atoms with Crippen molar-refractivity contribution in [2.75, 3.05) is 26.2 Å². The van der Waals surface area contributed by atoms with Crippen LogP contribution in [0.15, 0.2) is 30.3 Å². The molecule has 1 fully saturated rings. The summed E-state index contributed by atoms with van der Waals surface area (Å²) in [5.41, 5.74) is 0.996. The lowest BCUT2D eigenvalue weighted by molar-refractivity contribution is -0.125. The second-order valence-electron chi connectivity index (χ2n) is 6.30. The van der Waals surface area contributed by atoms with Gasteiger partial charge in [0, 0.05) is 18.6 Å². The van der Waals surface area contributed by atoms with Crippen molar-refractivity contribution in [3.8, 4) is 0 Å². The molecule has 1 aromatic carbocycles. The fourth-order valence-corrected chi connectivity index (χ4v) is 2.38. The zero-order valence-electron chi connectivity index (χ0n) is 12.6. The van der Waals surface area contributed by atoms with E-state index in [9.17, 15) is 4.79 Å². The number of carbonyl (C=O) groups is 1. The van der Waals surface area contributed by atoms with E-state index < -0.39 is 0 Å². The number of morpholine rings is 1. The Bertz CT molecular complexity index is 440.